The van der Waals surface area contributed by atoms with Crippen molar-refractivity contribution in [3.8, 4) is 17.0 Å². The second-order valence-electron chi connectivity index (χ2n) is 5.19. The average Bonchev–Trinajstić information content (AvgIpc) is 3.10. The number of hydrogen-bond acceptors (Lipinski definition) is 5. The molecule has 0 aliphatic heterocycles. The number of rotatable bonds is 7. The third kappa shape index (κ3) is 4.43. The van der Waals surface area contributed by atoms with Crippen molar-refractivity contribution in [1.82, 2.24) is 4.98 Å². The lowest BCUT2D eigenvalue weighted by molar-refractivity contribution is 0.317. The van der Waals surface area contributed by atoms with Crippen molar-refractivity contribution in [2.24, 2.45) is 5.10 Å². The van der Waals surface area contributed by atoms with E-state index in [1.165, 1.54) is 11.3 Å². The molecule has 2 aromatic carbocycles. The van der Waals surface area contributed by atoms with Crippen LogP contribution in [-0.4, -0.2) is 17.8 Å². The Hall–Kier alpha value is -2.66. The fourth-order valence-corrected chi connectivity index (χ4v) is 2.80. The lowest BCUT2D eigenvalue weighted by Gasteiger charge is -2.04. The monoisotopic (exact) mass is 337 g/mol. The quantitative estimate of drug-likeness (QED) is 0.485. The van der Waals surface area contributed by atoms with E-state index in [4.69, 9.17) is 4.74 Å². The average molecular weight is 337 g/mol. The van der Waals surface area contributed by atoms with Crippen molar-refractivity contribution in [3.05, 3.63) is 65.5 Å². The van der Waals surface area contributed by atoms with Gasteiger partial charge in [-0.15, -0.1) is 11.3 Å². The molecule has 0 bridgehead atoms. The highest BCUT2D eigenvalue weighted by atomic mass is 32.1. The number of thiazole rings is 1. The van der Waals surface area contributed by atoms with Gasteiger partial charge in [0.2, 0.25) is 5.13 Å². The van der Waals surface area contributed by atoms with Gasteiger partial charge in [0.1, 0.15) is 5.75 Å². The molecule has 0 unspecified atom stereocenters. The van der Waals surface area contributed by atoms with Gasteiger partial charge in [-0.25, -0.2) is 4.98 Å². The van der Waals surface area contributed by atoms with Crippen molar-refractivity contribution in [2.45, 2.75) is 13.3 Å². The minimum atomic E-state index is 0.722. The van der Waals surface area contributed by atoms with Gasteiger partial charge >= 0.3 is 0 Å². The van der Waals surface area contributed by atoms with E-state index in [1.54, 1.807) is 6.21 Å². The number of nitrogens with one attached hydrogen (secondary N) is 1. The van der Waals surface area contributed by atoms with Gasteiger partial charge in [-0.3, -0.25) is 5.43 Å². The summed E-state index contributed by atoms with van der Waals surface area (Å²) in [6.07, 6.45) is 2.76. The minimum Gasteiger partial charge on any atom is -0.494 e. The molecule has 1 aromatic heterocycles. The molecule has 0 saturated heterocycles. The Kier molecular flexibility index (Phi) is 5.58. The van der Waals surface area contributed by atoms with E-state index in [0.717, 1.165) is 40.7 Å². The third-order valence-electron chi connectivity index (χ3n) is 3.28. The Morgan fingerprint density at radius 2 is 2.04 bits per heavy atom. The summed E-state index contributed by atoms with van der Waals surface area (Å²) in [6.45, 7) is 2.81. The normalized spacial score (nSPS) is 10.9. The van der Waals surface area contributed by atoms with Crippen LogP contribution in [0.3, 0.4) is 0 Å². The molecular formula is C19H19N3OS. The van der Waals surface area contributed by atoms with Crippen LogP contribution in [0, 0.1) is 0 Å². The zero-order chi connectivity index (χ0) is 16.6. The third-order valence-corrected chi connectivity index (χ3v) is 4.03. The van der Waals surface area contributed by atoms with E-state index < -0.39 is 0 Å². The first-order valence-corrected chi connectivity index (χ1v) is 8.76. The molecule has 1 heterocycles. The molecule has 0 aliphatic carbocycles. The summed E-state index contributed by atoms with van der Waals surface area (Å²) in [6, 6.07) is 18.0. The number of aromatic nitrogens is 1. The maximum Gasteiger partial charge on any atom is 0.203 e. The molecule has 122 valence electrons. The van der Waals surface area contributed by atoms with Crippen LogP contribution in [0.2, 0.25) is 0 Å². The second-order valence-corrected chi connectivity index (χ2v) is 6.05. The Morgan fingerprint density at radius 3 is 2.88 bits per heavy atom. The van der Waals surface area contributed by atoms with E-state index in [0.29, 0.717) is 0 Å². The Morgan fingerprint density at radius 1 is 1.17 bits per heavy atom. The largest absolute Gasteiger partial charge is 0.494 e. The van der Waals surface area contributed by atoms with E-state index in [1.807, 2.05) is 60.0 Å². The van der Waals surface area contributed by atoms with Crippen molar-refractivity contribution >= 4 is 22.7 Å². The number of hydrazone groups is 1. The summed E-state index contributed by atoms with van der Waals surface area (Å²) in [7, 11) is 0. The zero-order valence-corrected chi connectivity index (χ0v) is 14.3. The van der Waals surface area contributed by atoms with Crippen LogP contribution in [0.1, 0.15) is 18.9 Å². The maximum atomic E-state index is 5.62. The molecular weight excluding hydrogens is 318 g/mol. The molecule has 0 saturated carbocycles. The maximum absolute atomic E-state index is 5.62. The molecule has 3 rings (SSSR count). The SMILES string of the molecule is CCCOc1cccc(/C=N\Nc2nc(-c3ccccc3)cs2)c1. The number of ether oxygens (including phenoxy) is 1. The van der Waals surface area contributed by atoms with E-state index in [2.05, 4.69) is 22.4 Å². The molecule has 1 N–H and O–H groups in total. The number of nitrogens with zero attached hydrogens (tertiary/aromatic N) is 2. The second kappa shape index (κ2) is 8.26. The molecule has 24 heavy (non-hydrogen) atoms. The first kappa shape index (κ1) is 16.2. The zero-order valence-electron chi connectivity index (χ0n) is 13.5. The predicted octanol–water partition coefficient (Wildman–Crippen LogP) is 5.04. The van der Waals surface area contributed by atoms with Crippen LogP contribution >= 0.6 is 11.3 Å². The smallest absolute Gasteiger partial charge is 0.203 e. The van der Waals surface area contributed by atoms with Crippen molar-refractivity contribution in [3.63, 3.8) is 0 Å². The standard InChI is InChI=1S/C19H19N3OS/c1-2-11-23-17-10-6-7-15(12-17)13-20-22-19-21-18(14-24-19)16-8-4-3-5-9-16/h3-10,12-14H,2,11H2,1H3,(H,21,22)/b20-13-. The minimum absolute atomic E-state index is 0.722. The van der Waals surface area contributed by atoms with Gasteiger partial charge in [-0.05, 0) is 24.1 Å². The van der Waals surface area contributed by atoms with Gasteiger partial charge in [0, 0.05) is 10.9 Å². The van der Waals surface area contributed by atoms with Crippen LogP contribution in [0.25, 0.3) is 11.3 Å². The Labute approximate surface area is 145 Å². The summed E-state index contributed by atoms with van der Waals surface area (Å²) < 4.78 is 5.62. The first-order valence-electron chi connectivity index (χ1n) is 7.88. The van der Waals surface area contributed by atoms with Gasteiger partial charge < -0.3 is 4.74 Å². The summed E-state index contributed by atoms with van der Waals surface area (Å²) in [5.74, 6) is 0.862. The molecule has 5 heteroatoms. The predicted molar refractivity (Wildman–Crippen MR) is 101 cm³/mol. The molecule has 0 aliphatic rings. The highest BCUT2D eigenvalue weighted by molar-refractivity contribution is 7.14. The molecule has 0 spiro atoms. The fraction of sp³-hybridized carbons (Fsp3) is 0.158. The van der Waals surface area contributed by atoms with E-state index in [9.17, 15) is 0 Å². The summed E-state index contributed by atoms with van der Waals surface area (Å²) in [5, 5.41) is 7.04. The van der Waals surface area contributed by atoms with E-state index in [-0.39, 0.29) is 0 Å². The number of hydrogen-bond donors (Lipinski definition) is 1. The topological polar surface area (TPSA) is 46.5 Å². The Balaban J connectivity index is 1.61. The van der Waals surface area contributed by atoms with Crippen LogP contribution in [-0.2, 0) is 0 Å². The van der Waals surface area contributed by atoms with Crippen molar-refractivity contribution in [1.29, 1.82) is 0 Å². The van der Waals surface area contributed by atoms with Gasteiger partial charge in [-0.2, -0.15) is 5.10 Å². The van der Waals surface area contributed by atoms with Crippen LogP contribution < -0.4 is 10.2 Å². The number of benzene rings is 2. The van der Waals surface area contributed by atoms with Crippen molar-refractivity contribution < 1.29 is 4.74 Å². The van der Waals surface area contributed by atoms with Crippen LogP contribution in [0.15, 0.2) is 65.1 Å². The van der Waals surface area contributed by atoms with Gasteiger partial charge in [0.05, 0.1) is 18.5 Å². The Bertz CT molecular complexity index is 799. The molecule has 0 amide bonds. The van der Waals surface area contributed by atoms with Gasteiger partial charge in [-0.1, -0.05) is 49.4 Å². The fourth-order valence-electron chi connectivity index (χ4n) is 2.13. The molecule has 0 atom stereocenters. The summed E-state index contributed by atoms with van der Waals surface area (Å²) in [5.41, 5.74) is 6.02. The summed E-state index contributed by atoms with van der Waals surface area (Å²) in [4.78, 5) is 4.54. The molecule has 0 radical (unpaired) electrons. The van der Waals surface area contributed by atoms with Crippen LogP contribution in [0.5, 0.6) is 5.75 Å². The molecule has 3 aromatic rings. The highest BCUT2D eigenvalue weighted by Crippen LogP contribution is 2.24. The van der Waals surface area contributed by atoms with Crippen molar-refractivity contribution in [2.75, 3.05) is 12.0 Å². The molecule has 0 fully saturated rings. The molecule has 4 nitrogen and oxygen atoms in total. The first-order chi connectivity index (χ1) is 11.8. The van der Waals surface area contributed by atoms with E-state index >= 15 is 0 Å². The van der Waals surface area contributed by atoms with Crippen LogP contribution in [0.4, 0.5) is 5.13 Å². The lowest BCUT2D eigenvalue weighted by Crippen LogP contribution is -1.96. The highest BCUT2D eigenvalue weighted by Gasteiger charge is 2.02. The van der Waals surface area contributed by atoms with Gasteiger partial charge in [0.15, 0.2) is 0 Å². The lowest BCUT2D eigenvalue weighted by atomic mass is 10.2. The van der Waals surface area contributed by atoms with Gasteiger partial charge in [0.25, 0.3) is 0 Å². The summed E-state index contributed by atoms with van der Waals surface area (Å²) >= 11 is 1.53. The number of anilines is 1.